The molecule has 0 bridgehead atoms. The van der Waals surface area contributed by atoms with E-state index in [1.165, 1.54) is 4.52 Å². The summed E-state index contributed by atoms with van der Waals surface area (Å²) in [5.41, 5.74) is 2.22. The molecule has 1 unspecified atom stereocenters. The quantitative estimate of drug-likeness (QED) is 0.733. The van der Waals surface area contributed by atoms with Crippen LogP contribution in [0.25, 0.3) is 5.65 Å². The molecule has 0 aromatic carbocycles. The number of fused-ring (bicyclic) bond motifs is 1. The van der Waals surface area contributed by atoms with E-state index < -0.39 is 6.10 Å². The minimum atomic E-state index is -0.621. The van der Waals surface area contributed by atoms with E-state index in [1.807, 2.05) is 13.0 Å². The topological polar surface area (TPSA) is 93.9 Å². The van der Waals surface area contributed by atoms with Crippen LogP contribution in [0.5, 0.6) is 0 Å². The average Bonchev–Trinajstić information content (AvgIpc) is 2.88. The van der Waals surface area contributed by atoms with E-state index in [0.29, 0.717) is 12.2 Å². The van der Waals surface area contributed by atoms with Gasteiger partial charge in [0.2, 0.25) is 0 Å². The van der Waals surface area contributed by atoms with Crippen LogP contribution < -0.4 is 5.56 Å². The van der Waals surface area contributed by atoms with Crippen LogP contribution in [0.15, 0.2) is 16.9 Å². The number of piperidine rings is 1. The SMILES string of the molecule is Cc1cc2nc(CN3CCC(C(O)CO)CC3)cc(=O)n2[nH]1. The lowest BCUT2D eigenvalue weighted by atomic mass is 9.91. The number of likely N-dealkylation sites (tertiary alicyclic amines) is 1. The average molecular weight is 306 g/mol. The van der Waals surface area contributed by atoms with Crippen LogP contribution in [0.1, 0.15) is 24.2 Å². The Kier molecular flexibility index (Phi) is 4.28. The van der Waals surface area contributed by atoms with Crippen molar-refractivity contribution in [2.24, 2.45) is 5.92 Å². The molecule has 1 fully saturated rings. The maximum Gasteiger partial charge on any atom is 0.272 e. The number of aromatic amines is 1. The maximum atomic E-state index is 12.0. The first-order valence-electron chi connectivity index (χ1n) is 7.66. The predicted octanol–water partition coefficient (Wildman–Crippen LogP) is -0.104. The number of nitrogens with one attached hydrogen (secondary N) is 1. The Balaban J connectivity index is 1.68. The van der Waals surface area contributed by atoms with Crippen molar-refractivity contribution in [3.05, 3.63) is 33.9 Å². The van der Waals surface area contributed by atoms with Crippen LogP contribution >= 0.6 is 0 Å². The van der Waals surface area contributed by atoms with Crippen molar-refractivity contribution in [3.63, 3.8) is 0 Å². The van der Waals surface area contributed by atoms with Crippen molar-refractivity contribution in [2.45, 2.75) is 32.4 Å². The van der Waals surface area contributed by atoms with E-state index in [4.69, 9.17) is 5.11 Å². The molecule has 3 heterocycles. The lowest BCUT2D eigenvalue weighted by Crippen LogP contribution is -2.38. The molecule has 7 nitrogen and oxygen atoms in total. The predicted molar refractivity (Wildman–Crippen MR) is 81.6 cm³/mol. The second-order valence-corrected chi connectivity index (χ2v) is 6.08. The van der Waals surface area contributed by atoms with Gasteiger partial charge in [0.1, 0.15) is 0 Å². The zero-order valence-corrected chi connectivity index (χ0v) is 12.7. The molecule has 0 saturated carbocycles. The van der Waals surface area contributed by atoms with E-state index in [-0.39, 0.29) is 18.1 Å². The lowest BCUT2D eigenvalue weighted by molar-refractivity contribution is 0.0170. The number of aromatic nitrogens is 3. The molecular weight excluding hydrogens is 284 g/mol. The summed E-state index contributed by atoms with van der Waals surface area (Å²) in [6.07, 6.45) is 1.09. The molecule has 22 heavy (non-hydrogen) atoms. The highest BCUT2D eigenvalue weighted by Crippen LogP contribution is 2.21. The number of H-pyrrole nitrogens is 1. The molecule has 3 rings (SSSR count). The fraction of sp³-hybridized carbons (Fsp3) is 0.600. The van der Waals surface area contributed by atoms with Crippen LogP contribution in [-0.2, 0) is 6.54 Å². The Labute approximate surface area is 128 Å². The van der Waals surface area contributed by atoms with Gasteiger partial charge in [0.05, 0.1) is 18.4 Å². The van der Waals surface area contributed by atoms with E-state index in [9.17, 15) is 9.90 Å². The first kappa shape index (κ1) is 15.2. The second kappa shape index (κ2) is 6.20. The Morgan fingerprint density at radius 1 is 1.41 bits per heavy atom. The van der Waals surface area contributed by atoms with Crippen LogP contribution in [0.2, 0.25) is 0 Å². The molecule has 0 radical (unpaired) electrons. The lowest BCUT2D eigenvalue weighted by Gasteiger charge is -2.33. The molecule has 1 saturated heterocycles. The normalized spacial score (nSPS) is 18.9. The van der Waals surface area contributed by atoms with Crippen LogP contribution in [0.3, 0.4) is 0 Å². The van der Waals surface area contributed by atoms with E-state index in [1.54, 1.807) is 6.07 Å². The number of hydrogen-bond acceptors (Lipinski definition) is 5. The third kappa shape index (κ3) is 3.06. The van der Waals surface area contributed by atoms with E-state index in [0.717, 1.165) is 37.3 Å². The molecule has 0 spiro atoms. The van der Waals surface area contributed by atoms with Crippen LogP contribution in [0.4, 0.5) is 0 Å². The first-order valence-corrected chi connectivity index (χ1v) is 7.66. The summed E-state index contributed by atoms with van der Waals surface area (Å²) in [5, 5.41) is 21.7. The number of hydrogen-bond donors (Lipinski definition) is 3. The minimum absolute atomic E-state index is 0.0984. The van der Waals surface area contributed by atoms with Gasteiger partial charge >= 0.3 is 0 Å². The number of aliphatic hydroxyl groups is 2. The largest absolute Gasteiger partial charge is 0.394 e. The summed E-state index contributed by atoms with van der Waals surface area (Å²) in [6.45, 7) is 4.04. The monoisotopic (exact) mass is 306 g/mol. The highest BCUT2D eigenvalue weighted by atomic mass is 16.3. The molecule has 120 valence electrons. The molecule has 1 aliphatic rings. The van der Waals surface area contributed by atoms with Crippen molar-refractivity contribution >= 4 is 5.65 Å². The van der Waals surface area contributed by atoms with E-state index >= 15 is 0 Å². The Morgan fingerprint density at radius 3 is 2.82 bits per heavy atom. The van der Waals surface area contributed by atoms with Crippen molar-refractivity contribution in [2.75, 3.05) is 19.7 Å². The molecule has 1 atom stereocenters. The summed E-state index contributed by atoms with van der Waals surface area (Å²) in [6, 6.07) is 3.42. The first-order chi connectivity index (χ1) is 10.6. The summed E-state index contributed by atoms with van der Waals surface area (Å²) in [4.78, 5) is 18.8. The Morgan fingerprint density at radius 2 is 2.14 bits per heavy atom. The van der Waals surface area contributed by atoms with Gasteiger partial charge in [0, 0.05) is 24.4 Å². The zero-order valence-electron chi connectivity index (χ0n) is 12.7. The molecule has 7 heteroatoms. The van der Waals surface area contributed by atoms with E-state index in [2.05, 4.69) is 15.0 Å². The van der Waals surface area contributed by atoms with Crippen molar-refractivity contribution in [1.82, 2.24) is 19.5 Å². The van der Waals surface area contributed by atoms with Gasteiger partial charge in [-0.3, -0.25) is 14.8 Å². The number of rotatable bonds is 4. The molecule has 0 amide bonds. The third-order valence-electron chi connectivity index (χ3n) is 4.38. The molecular formula is C15H22N4O3. The molecule has 3 N–H and O–H groups in total. The number of aliphatic hydroxyl groups excluding tert-OH is 2. The van der Waals surface area contributed by atoms with Crippen LogP contribution in [0, 0.1) is 12.8 Å². The number of aryl methyl sites for hydroxylation is 1. The summed E-state index contributed by atoms with van der Waals surface area (Å²) in [5.74, 6) is 0.162. The number of nitrogens with zero attached hydrogens (tertiary/aromatic N) is 3. The van der Waals surface area contributed by atoms with Gasteiger partial charge in [-0.1, -0.05) is 0 Å². The Bertz CT molecular complexity index is 700. The molecule has 2 aromatic heterocycles. The summed E-state index contributed by atoms with van der Waals surface area (Å²) < 4.78 is 1.45. The van der Waals surface area contributed by atoms with Gasteiger partial charge in [-0.05, 0) is 38.8 Å². The van der Waals surface area contributed by atoms with Crippen molar-refractivity contribution in [1.29, 1.82) is 0 Å². The Hall–Kier alpha value is -1.70. The minimum Gasteiger partial charge on any atom is -0.394 e. The maximum absolute atomic E-state index is 12.0. The fourth-order valence-corrected chi connectivity index (χ4v) is 3.12. The highest BCUT2D eigenvalue weighted by molar-refractivity contribution is 5.39. The zero-order chi connectivity index (χ0) is 15.7. The van der Waals surface area contributed by atoms with Gasteiger partial charge < -0.3 is 10.2 Å². The van der Waals surface area contributed by atoms with Gasteiger partial charge in [-0.25, -0.2) is 9.50 Å². The van der Waals surface area contributed by atoms with Crippen molar-refractivity contribution < 1.29 is 10.2 Å². The van der Waals surface area contributed by atoms with Gasteiger partial charge in [-0.15, -0.1) is 0 Å². The summed E-state index contributed by atoms with van der Waals surface area (Å²) in [7, 11) is 0. The highest BCUT2D eigenvalue weighted by Gasteiger charge is 2.25. The van der Waals surface area contributed by atoms with Gasteiger partial charge in [-0.2, -0.15) is 0 Å². The second-order valence-electron chi connectivity index (χ2n) is 6.08. The summed E-state index contributed by atoms with van der Waals surface area (Å²) >= 11 is 0. The van der Waals surface area contributed by atoms with Gasteiger partial charge in [0.15, 0.2) is 5.65 Å². The van der Waals surface area contributed by atoms with Crippen molar-refractivity contribution in [3.8, 4) is 0 Å². The molecule has 1 aliphatic heterocycles. The smallest absolute Gasteiger partial charge is 0.272 e. The third-order valence-corrected chi connectivity index (χ3v) is 4.38. The van der Waals surface area contributed by atoms with Gasteiger partial charge in [0.25, 0.3) is 5.56 Å². The fourth-order valence-electron chi connectivity index (χ4n) is 3.12. The van der Waals surface area contributed by atoms with Crippen LogP contribution in [-0.4, -0.2) is 55.5 Å². The standard InChI is InChI=1S/C15H22N4O3/c1-10-6-14-16-12(7-15(22)19(14)17-10)8-18-4-2-11(3-5-18)13(21)9-20/h6-7,11,13,17,20-21H,2-5,8-9H2,1H3. The molecule has 0 aliphatic carbocycles. The molecule has 2 aromatic rings.